The largest absolute Gasteiger partial charge is 0.486 e. The summed E-state index contributed by atoms with van der Waals surface area (Å²) in [6.07, 6.45) is 5.15. The first-order valence-electron chi connectivity index (χ1n) is 6.54. The smallest absolute Gasteiger partial charge is 0.161 e. The molecule has 3 heteroatoms. The maximum Gasteiger partial charge on any atom is 0.161 e. The molecule has 0 aromatic heterocycles. The Morgan fingerprint density at radius 2 is 1.94 bits per heavy atom. The fraction of sp³-hybridized carbons (Fsp3) is 0.571. The average Bonchev–Trinajstić information content (AvgIpc) is 2.32. The van der Waals surface area contributed by atoms with Gasteiger partial charge in [0, 0.05) is 6.04 Å². The topological polar surface area (TPSA) is 30.5 Å². The number of hydrogen-bond donors (Lipinski definition) is 1. The van der Waals surface area contributed by atoms with Crippen molar-refractivity contribution in [3.8, 4) is 11.5 Å². The van der Waals surface area contributed by atoms with Crippen molar-refractivity contribution < 1.29 is 9.47 Å². The van der Waals surface area contributed by atoms with E-state index in [4.69, 9.17) is 9.47 Å². The molecular formula is C14H19NO2. The molecule has 3 nitrogen and oxygen atoms in total. The van der Waals surface area contributed by atoms with Gasteiger partial charge in [-0.15, -0.1) is 0 Å². The van der Waals surface area contributed by atoms with Crippen molar-refractivity contribution in [3.05, 3.63) is 23.8 Å². The summed E-state index contributed by atoms with van der Waals surface area (Å²) >= 11 is 0. The molecule has 0 radical (unpaired) electrons. The van der Waals surface area contributed by atoms with Crippen LogP contribution in [0.1, 0.15) is 24.8 Å². The summed E-state index contributed by atoms with van der Waals surface area (Å²) in [5.74, 6) is 1.78. The normalized spacial score (nSPS) is 18.8. The summed E-state index contributed by atoms with van der Waals surface area (Å²) < 4.78 is 11.1. The van der Waals surface area contributed by atoms with Crippen molar-refractivity contribution in [3.63, 3.8) is 0 Å². The molecule has 1 fully saturated rings. The lowest BCUT2D eigenvalue weighted by Crippen LogP contribution is -2.36. The van der Waals surface area contributed by atoms with E-state index in [2.05, 4.69) is 17.4 Å². The van der Waals surface area contributed by atoms with Gasteiger partial charge in [-0.1, -0.05) is 12.5 Å². The van der Waals surface area contributed by atoms with Crippen molar-refractivity contribution in [1.29, 1.82) is 0 Å². The Kier molecular flexibility index (Phi) is 3.18. The molecule has 17 heavy (non-hydrogen) atoms. The number of hydrogen-bond acceptors (Lipinski definition) is 3. The maximum absolute atomic E-state index is 5.58. The molecule has 1 heterocycles. The van der Waals surface area contributed by atoms with Crippen molar-refractivity contribution >= 4 is 0 Å². The first-order valence-corrected chi connectivity index (χ1v) is 6.54. The van der Waals surface area contributed by atoms with Crippen LogP contribution in [0.5, 0.6) is 11.5 Å². The quantitative estimate of drug-likeness (QED) is 0.864. The molecule has 1 N–H and O–H groups in total. The molecule has 92 valence electrons. The third-order valence-electron chi connectivity index (χ3n) is 3.56. The van der Waals surface area contributed by atoms with Crippen molar-refractivity contribution in [2.45, 2.75) is 31.7 Å². The lowest BCUT2D eigenvalue weighted by molar-refractivity contribution is 0.171. The van der Waals surface area contributed by atoms with E-state index >= 15 is 0 Å². The first kappa shape index (κ1) is 10.9. The molecule has 1 aromatic rings. The van der Waals surface area contributed by atoms with Gasteiger partial charge in [0.2, 0.25) is 0 Å². The zero-order valence-corrected chi connectivity index (χ0v) is 10.1. The van der Waals surface area contributed by atoms with Gasteiger partial charge in [0.15, 0.2) is 11.5 Å². The van der Waals surface area contributed by atoms with Crippen LogP contribution in [0.15, 0.2) is 18.2 Å². The molecular weight excluding hydrogens is 214 g/mol. The standard InChI is InChI=1S/C14H19NO2/c1-2-12(3-1)15-7-6-11-4-5-13-14(10-11)17-9-8-16-13/h4-5,10,12,15H,1-3,6-9H2. The van der Waals surface area contributed by atoms with Crippen LogP contribution in [0.25, 0.3) is 0 Å². The molecule has 0 atom stereocenters. The van der Waals surface area contributed by atoms with E-state index in [0.29, 0.717) is 13.2 Å². The number of rotatable bonds is 4. The van der Waals surface area contributed by atoms with E-state index in [0.717, 1.165) is 30.5 Å². The number of nitrogens with one attached hydrogen (secondary N) is 1. The Morgan fingerprint density at radius 3 is 2.71 bits per heavy atom. The second-order valence-electron chi connectivity index (χ2n) is 4.81. The minimum atomic E-state index is 0.662. The van der Waals surface area contributed by atoms with E-state index in [-0.39, 0.29) is 0 Å². The predicted molar refractivity (Wildman–Crippen MR) is 66.8 cm³/mol. The van der Waals surface area contributed by atoms with E-state index in [1.54, 1.807) is 0 Å². The third kappa shape index (κ3) is 2.55. The third-order valence-corrected chi connectivity index (χ3v) is 3.56. The van der Waals surface area contributed by atoms with Crippen LogP contribution < -0.4 is 14.8 Å². The number of benzene rings is 1. The van der Waals surface area contributed by atoms with Crippen LogP contribution in [-0.2, 0) is 6.42 Å². The van der Waals surface area contributed by atoms with Crippen molar-refractivity contribution in [1.82, 2.24) is 5.32 Å². The Bertz CT molecular complexity index is 388. The summed E-state index contributed by atoms with van der Waals surface area (Å²) in [7, 11) is 0. The van der Waals surface area contributed by atoms with Gasteiger partial charge in [0.25, 0.3) is 0 Å². The fourth-order valence-electron chi connectivity index (χ4n) is 2.28. The molecule has 2 aliphatic rings. The highest BCUT2D eigenvalue weighted by Crippen LogP contribution is 2.30. The molecule has 3 rings (SSSR count). The van der Waals surface area contributed by atoms with Gasteiger partial charge in [0.05, 0.1) is 0 Å². The highest BCUT2D eigenvalue weighted by atomic mass is 16.6. The van der Waals surface area contributed by atoms with E-state index in [9.17, 15) is 0 Å². The van der Waals surface area contributed by atoms with Crippen LogP contribution in [0.2, 0.25) is 0 Å². The summed E-state index contributed by atoms with van der Waals surface area (Å²) in [4.78, 5) is 0. The number of ether oxygens (including phenoxy) is 2. The van der Waals surface area contributed by atoms with Crippen molar-refractivity contribution in [2.75, 3.05) is 19.8 Å². The van der Waals surface area contributed by atoms with Gasteiger partial charge < -0.3 is 14.8 Å². The summed E-state index contributed by atoms with van der Waals surface area (Å²) in [6.45, 7) is 2.39. The Hall–Kier alpha value is -1.22. The van der Waals surface area contributed by atoms with Gasteiger partial charge in [0.1, 0.15) is 13.2 Å². The molecule has 0 spiro atoms. The predicted octanol–water partition coefficient (Wildman–Crippen LogP) is 2.14. The maximum atomic E-state index is 5.58. The van der Waals surface area contributed by atoms with Crippen LogP contribution in [-0.4, -0.2) is 25.8 Å². The molecule has 0 bridgehead atoms. The average molecular weight is 233 g/mol. The zero-order valence-electron chi connectivity index (χ0n) is 10.1. The van der Waals surface area contributed by atoms with E-state index in [1.165, 1.54) is 24.8 Å². The Morgan fingerprint density at radius 1 is 1.12 bits per heavy atom. The highest BCUT2D eigenvalue weighted by molar-refractivity contribution is 5.43. The summed E-state index contributed by atoms with van der Waals surface area (Å²) in [6, 6.07) is 7.03. The van der Waals surface area contributed by atoms with Gasteiger partial charge in [-0.2, -0.15) is 0 Å². The molecule has 1 aliphatic heterocycles. The Labute approximate surface area is 102 Å². The summed E-state index contributed by atoms with van der Waals surface area (Å²) in [5, 5.41) is 3.58. The summed E-state index contributed by atoms with van der Waals surface area (Å²) in [5.41, 5.74) is 1.32. The molecule has 1 aliphatic carbocycles. The van der Waals surface area contributed by atoms with Gasteiger partial charge in [-0.25, -0.2) is 0 Å². The monoisotopic (exact) mass is 233 g/mol. The Balaban J connectivity index is 1.55. The first-order chi connectivity index (χ1) is 8.42. The van der Waals surface area contributed by atoms with Crippen LogP contribution in [0, 0.1) is 0 Å². The highest BCUT2D eigenvalue weighted by Gasteiger charge is 2.16. The lowest BCUT2D eigenvalue weighted by atomic mass is 9.93. The molecule has 0 unspecified atom stereocenters. The van der Waals surface area contributed by atoms with Crippen LogP contribution >= 0.6 is 0 Å². The molecule has 0 amide bonds. The molecule has 1 aromatic carbocycles. The van der Waals surface area contributed by atoms with Gasteiger partial charge in [-0.05, 0) is 43.5 Å². The van der Waals surface area contributed by atoms with Crippen molar-refractivity contribution in [2.24, 2.45) is 0 Å². The van der Waals surface area contributed by atoms with Gasteiger partial charge in [-0.3, -0.25) is 0 Å². The van der Waals surface area contributed by atoms with Crippen LogP contribution in [0.4, 0.5) is 0 Å². The van der Waals surface area contributed by atoms with E-state index in [1.807, 2.05) is 6.07 Å². The lowest BCUT2D eigenvalue weighted by Gasteiger charge is -2.26. The van der Waals surface area contributed by atoms with Crippen LogP contribution in [0.3, 0.4) is 0 Å². The fourth-order valence-corrected chi connectivity index (χ4v) is 2.28. The number of fused-ring (bicyclic) bond motifs is 1. The zero-order chi connectivity index (χ0) is 11.5. The van der Waals surface area contributed by atoms with Gasteiger partial charge >= 0.3 is 0 Å². The minimum Gasteiger partial charge on any atom is -0.486 e. The van der Waals surface area contributed by atoms with E-state index < -0.39 is 0 Å². The SMILES string of the molecule is c1cc2c(cc1CCNC1CCC1)OCCO2. The molecule has 0 saturated heterocycles. The minimum absolute atomic E-state index is 0.662. The second-order valence-corrected chi connectivity index (χ2v) is 4.81. The second kappa shape index (κ2) is 4.96. The molecule has 1 saturated carbocycles.